The van der Waals surface area contributed by atoms with Gasteiger partial charge in [-0.1, -0.05) is 60.3 Å². The Hall–Kier alpha value is -3.38. The molecule has 1 aliphatic heterocycles. The normalized spacial score (nSPS) is 16.2. The summed E-state index contributed by atoms with van der Waals surface area (Å²) in [5.41, 5.74) is 3.40. The molecule has 4 aromatic rings. The summed E-state index contributed by atoms with van der Waals surface area (Å²) in [5.74, 6) is 0.0227. The lowest BCUT2D eigenvalue weighted by molar-refractivity contribution is -0.118. The number of aromatic nitrogens is 2. The molecule has 1 aromatic heterocycles. The highest BCUT2D eigenvalue weighted by molar-refractivity contribution is 8.00. The van der Waals surface area contributed by atoms with E-state index in [-0.39, 0.29) is 17.5 Å². The standard InChI is InChI=1S/C26H23N3O2S/c1-17-16-19-10-6-9-15-23(19)28(17)24(30)18(2)32-26-27-22-14-8-7-13-21(22)25(31)29(26)20-11-4-3-5-12-20/h3-15,17-18H,16H2,1-2H3/t17-,18-/m0/s1. The van der Waals surface area contributed by atoms with Gasteiger partial charge in [-0.05, 0) is 56.2 Å². The SMILES string of the molecule is C[C@H](Sc1nc2ccccc2c(=O)n1-c1ccccc1)C(=O)N1c2ccccc2C[C@@H]1C. The molecule has 0 fully saturated rings. The van der Waals surface area contributed by atoms with Crippen molar-refractivity contribution in [1.82, 2.24) is 9.55 Å². The van der Waals surface area contributed by atoms with Crippen LogP contribution >= 0.6 is 11.8 Å². The van der Waals surface area contributed by atoms with E-state index in [4.69, 9.17) is 4.98 Å². The van der Waals surface area contributed by atoms with E-state index >= 15 is 0 Å². The number of carbonyl (C=O) groups is 1. The molecule has 1 aliphatic rings. The predicted molar refractivity (Wildman–Crippen MR) is 130 cm³/mol. The molecule has 2 heterocycles. The van der Waals surface area contributed by atoms with Crippen molar-refractivity contribution >= 4 is 34.3 Å². The molecule has 0 saturated heterocycles. The summed E-state index contributed by atoms with van der Waals surface area (Å²) in [4.78, 5) is 33.6. The number of hydrogen-bond acceptors (Lipinski definition) is 4. The van der Waals surface area contributed by atoms with Gasteiger partial charge in [-0.2, -0.15) is 0 Å². The van der Waals surface area contributed by atoms with Gasteiger partial charge in [-0.25, -0.2) is 4.98 Å². The molecule has 5 nitrogen and oxygen atoms in total. The monoisotopic (exact) mass is 441 g/mol. The van der Waals surface area contributed by atoms with Crippen LogP contribution in [0.2, 0.25) is 0 Å². The summed E-state index contributed by atoms with van der Waals surface area (Å²) in [7, 11) is 0. The van der Waals surface area contributed by atoms with Crippen LogP contribution in [0, 0.1) is 0 Å². The Labute approximate surface area is 190 Å². The first kappa shape index (κ1) is 20.5. The van der Waals surface area contributed by atoms with Crippen LogP contribution in [0.1, 0.15) is 19.4 Å². The van der Waals surface area contributed by atoms with Gasteiger partial charge in [0.2, 0.25) is 5.91 Å². The van der Waals surface area contributed by atoms with E-state index in [9.17, 15) is 9.59 Å². The molecule has 0 bridgehead atoms. The number of fused-ring (bicyclic) bond motifs is 2. The second-order valence-electron chi connectivity index (χ2n) is 8.04. The summed E-state index contributed by atoms with van der Waals surface area (Å²) >= 11 is 1.33. The average molecular weight is 442 g/mol. The van der Waals surface area contributed by atoms with Crippen LogP contribution in [0.3, 0.4) is 0 Å². The van der Waals surface area contributed by atoms with Crippen molar-refractivity contribution in [2.45, 2.75) is 36.7 Å². The Kier molecular flexibility index (Phi) is 5.31. The first-order valence-corrected chi connectivity index (χ1v) is 11.6. The van der Waals surface area contributed by atoms with E-state index in [0.29, 0.717) is 16.1 Å². The average Bonchev–Trinajstić information content (AvgIpc) is 3.15. The van der Waals surface area contributed by atoms with Gasteiger partial charge in [-0.15, -0.1) is 0 Å². The number of benzene rings is 3. The summed E-state index contributed by atoms with van der Waals surface area (Å²) in [6.45, 7) is 3.96. The molecule has 0 unspecified atom stereocenters. The van der Waals surface area contributed by atoms with Gasteiger partial charge in [0.15, 0.2) is 5.16 Å². The van der Waals surface area contributed by atoms with Crippen LogP contribution < -0.4 is 10.5 Å². The first-order valence-electron chi connectivity index (χ1n) is 10.7. The van der Waals surface area contributed by atoms with Gasteiger partial charge in [-0.3, -0.25) is 14.2 Å². The lowest BCUT2D eigenvalue weighted by atomic mass is 10.1. The van der Waals surface area contributed by atoms with Crippen LogP contribution in [0.5, 0.6) is 0 Å². The fourth-order valence-electron chi connectivity index (χ4n) is 4.30. The topological polar surface area (TPSA) is 55.2 Å². The minimum absolute atomic E-state index is 0.0227. The Morgan fingerprint density at radius 3 is 2.50 bits per heavy atom. The van der Waals surface area contributed by atoms with Gasteiger partial charge >= 0.3 is 0 Å². The highest BCUT2D eigenvalue weighted by Gasteiger charge is 2.34. The molecule has 6 heteroatoms. The van der Waals surface area contributed by atoms with Crippen LogP contribution in [0.15, 0.2) is 88.8 Å². The zero-order chi connectivity index (χ0) is 22.2. The maximum atomic E-state index is 13.5. The second kappa shape index (κ2) is 8.28. The molecule has 2 atom stereocenters. The van der Waals surface area contributed by atoms with E-state index in [1.54, 1.807) is 10.6 Å². The van der Waals surface area contributed by atoms with Crippen molar-refractivity contribution in [3.8, 4) is 5.69 Å². The third-order valence-corrected chi connectivity index (χ3v) is 6.87. The van der Waals surface area contributed by atoms with Crippen LogP contribution in [0.4, 0.5) is 5.69 Å². The Balaban J connectivity index is 1.55. The number of nitrogens with zero attached hydrogens (tertiary/aromatic N) is 3. The molecule has 3 aromatic carbocycles. The number of thioether (sulfide) groups is 1. The molecule has 0 saturated carbocycles. The van der Waals surface area contributed by atoms with Crippen molar-refractivity contribution in [3.63, 3.8) is 0 Å². The van der Waals surface area contributed by atoms with Gasteiger partial charge in [0, 0.05) is 11.7 Å². The summed E-state index contributed by atoms with van der Waals surface area (Å²) in [6.07, 6.45) is 0.849. The molecular formula is C26H23N3O2S. The zero-order valence-electron chi connectivity index (χ0n) is 17.9. The van der Waals surface area contributed by atoms with Crippen molar-refractivity contribution in [2.24, 2.45) is 0 Å². The summed E-state index contributed by atoms with van der Waals surface area (Å²) in [5, 5.41) is 0.661. The lowest BCUT2D eigenvalue weighted by Gasteiger charge is -2.26. The maximum Gasteiger partial charge on any atom is 0.266 e. The minimum Gasteiger partial charge on any atom is -0.308 e. The summed E-state index contributed by atoms with van der Waals surface area (Å²) in [6, 6.07) is 24.9. The molecule has 160 valence electrons. The largest absolute Gasteiger partial charge is 0.308 e. The van der Waals surface area contributed by atoms with E-state index in [0.717, 1.165) is 17.8 Å². The summed E-state index contributed by atoms with van der Waals surface area (Å²) < 4.78 is 1.61. The third-order valence-electron chi connectivity index (χ3n) is 5.83. The van der Waals surface area contributed by atoms with Gasteiger partial charge in [0.05, 0.1) is 21.8 Å². The Bertz CT molecular complexity index is 1370. The first-order chi connectivity index (χ1) is 15.5. The van der Waals surface area contributed by atoms with E-state index in [2.05, 4.69) is 13.0 Å². The number of hydrogen-bond donors (Lipinski definition) is 0. The van der Waals surface area contributed by atoms with Crippen molar-refractivity contribution in [2.75, 3.05) is 4.90 Å². The molecule has 0 N–H and O–H groups in total. The van der Waals surface area contributed by atoms with Gasteiger partial charge in [0.25, 0.3) is 5.56 Å². The van der Waals surface area contributed by atoms with E-state index in [1.165, 1.54) is 17.3 Å². The van der Waals surface area contributed by atoms with Crippen molar-refractivity contribution in [3.05, 3.63) is 94.8 Å². The minimum atomic E-state index is -0.411. The number of rotatable bonds is 4. The van der Waals surface area contributed by atoms with Gasteiger partial charge in [0.1, 0.15) is 0 Å². The van der Waals surface area contributed by atoms with Crippen LogP contribution in [-0.4, -0.2) is 26.8 Å². The van der Waals surface area contributed by atoms with Gasteiger partial charge < -0.3 is 4.90 Å². The molecule has 0 radical (unpaired) electrons. The maximum absolute atomic E-state index is 13.5. The number of amides is 1. The van der Waals surface area contributed by atoms with E-state index < -0.39 is 5.25 Å². The molecule has 32 heavy (non-hydrogen) atoms. The molecule has 0 spiro atoms. The van der Waals surface area contributed by atoms with Crippen molar-refractivity contribution in [1.29, 1.82) is 0 Å². The Morgan fingerprint density at radius 2 is 1.69 bits per heavy atom. The van der Waals surface area contributed by atoms with Crippen molar-refractivity contribution < 1.29 is 4.79 Å². The molecule has 1 amide bonds. The Morgan fingerprint density at radius 1 is 1.00 bits per heavy atom. The fourth-order valence-corrected chi connectivity index (χ4v) is 5.28. The fraction of sp³-hybridized carbons (Fsp3) is 0.192. The predicted octanol–water partition coefficient (Wildman–Crippen LogP) is 4.84. The quantitative estimate of drug-likeness (QED) is 0.336. The highest BCUT2D eigenvalue weighted by atomic mass is 32.2. The van der Waals surface area contributed by atoms with Crippen LogP contribution in [0.25, 0.3) is 16.6 Å². The molecular weight excluding hydrogens is 418 g/mol. The lowest BCUT2D eigenvalue weighted by Crippen LogP contribution is -2.40. The van der Waals surface area contributed by atoms with Crippen LogP contribution in [-0.2, 0) is 11.2 Å². The van der Waals surface area contributed by atoms with E-state index in [1.807, 2.05) is 78.6 Å². The number of carbonyl (C=O) groups excluding carboxylic acids is 1. The zero-order valence-corrected chi connectivity index (χ0v) is 18.8. The number of anilines is 1. The third kappa shape index (κ3) is 3.50. The smallest absolute Gasteiger partial charge is 0.266 e. The highest BCUT2D eigenvalue weighted by Crippen LogP contribution is 2.35. The molecule has 5 rings (SSSR count). The number of para-hydroxylation sites is 3. The molecule has 0 aliphatic carbocycles. The second-order valence-corrected chi connectivity index (χ2v) is 9.35.